The summed E-state index contributed by atoms with van der Waals surface area (Å²) < 4.78 is 16.9. The summed E-state index contributed by atoms with van der Waals surface area (Å²) in [5, 5.41) is 0. The Hall–Kier alpha value is -4.71. The third kappa shape index (κ3) is 66.1. The van der Waals surface area contributed by atoms with Crippen LogP contribution in [-0.2, 0) is 28.6 Å². The van der Waals surface area contributed by atoms with Gasteiger partial charge in [-0.2, -0.15) is 0 Å². The van der Waals surface area contributed by atoms with Crippen LogP contribution in [0.25, 0.3) is 0 Å². The molecule has 6 heteroatoms. The van der Waals surface area contributed by atoms with Gasteiger partial charge < -0.3 is 14.2 Å². The maximum Gasteiger partial charge on any atom is 0.306 e. The Balaban J connectivity index is 4.20. The minimum atomic E-state index is -0.790. The van der Waals surface area contributed by atoms with Gasteiger partial charge in [0, 0.05) is 19.3 Å². The highest BCUT2D eigenvalue weighted by Gasteiger charge is 2.19. The molecule has 0 aliphatic rings. The SMILES string of the molecule is CC/C=C\C/C=C\C/C=C\C/C=C\C/C=C\C/C=C\CCCCCCCCCCCCCCC(=O)OCC(COC(=O)CCCCCCCCCC)OC(=O)CCCCCCCC/C=C\C/C=C\C/C=C\C/C=C\C/C=C\C/C=C\CC. The number of allylic oxidation sites excluding steroid dienone is 24. The van der Waals surface area contributed by atoms with E-state index in [-0.39, 0.29) is 31.1 Å². The number of carbonyl (C=O) groups is 3. The van der Waals surface area contributed by atoms with Crippen molar-refractivity contribution in [3.8, 4) is 0 Å². The van der Waals surface area contributed by atoms with E-state index in [0.29, 0.717) is 19.3 Å². The van der Waals surface area contributed by atoms with Crippen LogP contribution in [0, 0.1) is 0 Å². The van der Waals surface area contributed by atoms with E-state index in [0.717, 1.165) is 148 Å². The molecule has 0 N–H and O–H groups in total. The first kappa shape index (κ1) is 77.3. The predicted molar refractivity (Wildman–Crippen MR) is 357 cm³/mol. The van der Waals surface area contributed by atoms with E-state index >= 15 is 0 Å². The predicted octanol–water partition coefficient (Wildman–Crippen LogP) is 23.5. The van der Waals surface area contributed by atoms with E-state index in [9.17, 15) is 14.4 Å². The number of rotatable bonds is 60. The van der Waals surface area contributed by atoms with Crippen LogP contribution in [-0.4, -0.2) is 37.2 Å². The minimum absolute atomic E-state index is 0.0866. The highest BCUT2D eigenvalue weighted by molar-refractivity contribution is 5.71. The summed E-state index contributed by atoms with van der Waals surface area (Å²) in [5.74, 6) is -0.905. The van der Waals surface area contributed by atoms with Gasteiger partial charge in [-0.1, -0.05) is 301 Å². The number of esters is 3. The third-order valence-corrected chi connectivity index (χ3v) is 14.1. The molecule has 6 nitrogen and oxygen atoms in total. The standard InChI is InChI=1S/C76H124O6/c1-4-7-10-13-16-19-21-23-25-27-29-31-33-35-36-37-38-39-40-42-43-45-47-49-51-53-55-57-60-63-66-69-75(78)81-72-73(71-80-74(77)68-65-62-59-18-15-12-9-6-3)82-76(79)70-67-64-61-58-56-54-52-50-48-46-44-41-34-32-30-28-26-24-22-20-17-14-11-8-5-2/h7-8,10-11,16-17,19-20,23-26,29-32,35-36,38-39,41,44,48,50,73H,4-6,9,12-15,18,21-22,27-28,33-34,37,40,42-43,45-47,49,51-72H2,1-3H3/b10-7-,11-8-,19-16-,20-17-,25-23-,26-24-,31-29-,32-30-,36-35-,39-38-,44-41-,50-48-. The average Bonchev–Trinajstić information content (AvgIpc) is 3.47. The summed E-state index contributed by atoms with van der Waals surface area (Å²) >= 11 is 0. The highest BCUT2D eigenvalue weighted by Crippen LogP contribution is 2.16. The molecule has 0 aromatic carbocycles. The van der Waals surface area contributed by atoms with E-state index in [1.165, 1.54) is 109 Å². The number of carbonyl (C=O) groups excluding carboxylic acids is 3. The van der Waals surface area contributed by atoms with Gasteiger partial charge >= 0.3 is 17.9 Å². The van der Waals surface area contributed by atoms with Crippen molar-refractivity contribution in [1.29, 1.82) is 0 Å². The number of ether oxygens (including phenoxy) is 3. The topological polar surface area (TPSA) is 78.9 Å². The summed E-state index contributed by atoms with van der Waals surface area (Å²) in [4.78, 5) is 38.2. The van der Waals surface area contributed by atoms with Gasteiger partial charge in [-0.15, -0.1) is 0 Å². The van der Waals surface area contributed by atoms with E-state index < -0.39 is 6.10 Å². The van der Waals surface area contributed by atoms with Crippen molar-refractivity contribution >= 4 is 17.9 Å². The molecule has 0 aliphatic carbocycles. The van der Waals surface area contributed by atoms with Crippen LogP contribution >= 0.6 is 0 Å². The first-order valence-corrected chi connectivity index (χ1v) is 33.8. The molecule has 464 valence electrons. The summed E-state index contributed by atoms with van der Waals surface area (Å²) in [6.45, 7) is 6.38. The lowest BCUT2D eigenvalue weighted by Gasteiger charge is -2.18. The fourth-order valence-corrected chi connectivity index (χ4v) is 9.10. The van der Waals surface area contributed by atoms with Crippen molar-refractivity contribution in [3.05, 3.63) is 146 Å². The van der Waals surface area contributed by atoms with Crippen LogP contribution in [0.15, 0.2) is 146 Å². The van der Waals surface area contributed by atoms with Crippen LogP contribution in [0.3, 0.4) is 0 Å². The molecule has 0 aromatic rings. The van der Waals surface area contributed by atoms with Gasteiger partial charge in [-0.05, 0) is 122 Å². The Morgan fingerprint density at radius 2 is 0.476 bits per heavy atom. The lowest BCUT2D eigenvalue weighted by atomic mass is 10.0. The largest absolute Gasteiger partial charge is 0.462 e. The molecule has 0 amide bonds. The molecule has 1 unspecified atom stereocenters. The molecule has 0 radical (unpaired) electrons. The quantitative estimate of drug-likeness (QED) is 0.0261. The van der Waals surface area contributed by atoms with E-state index in [4.69, 9.17) is 14.2 Å². The van der Waals surface area contributed by atoms with Crippen LogP contribution in [0.4, 0.5) is 0 Å². The normalized spacial score (nSPS) is 13.1. The molecule has 0 saturated heterocycles. The minimum Gasteiger partial charge on any atom is -0.462 e. The molecule has 82 heavy (non-hydrogen) atoms. The Labute approximate surface area is 506 Å². The van der Waals surface area contributed by atoms with Gasteiger partial charge in [0.25, 0.3) is 0 Å². The maximum absolute atomic E-state index is 12.9. The van der Waals surface area contributed by atoms with Crippen LogP contribution in [0.1, 0.15) is 297 Å². The van der Waals surface area contributed by atoms with Crippen molar-refractivity contribution in [2.45, 2.75) is 303 Å². The van der Waals surface area contributed by atoms with Crippen molar-refractivity contribution < 1.29 is 28.6 Å². The van der Waals surface area contributed by atoms with Gasteiger partial charge in [-0.3, -0.25) is 14.4 Å². The van der Waals surface area contributed by atoms with Gasteiger partial charge in [0.2, 0.25) is 0 Å². The summed E-state index contributed by atoms with van der Waals surface area (Å²) in [6, 6.07) is 0. The number of hydrogen-bond donors (Lipinski definition) is 0. The first-order chi connectivity index (χ1) is 40.5. The van der Waals surface area contributed by atoms with E-state index in [1.807, 2.05) is 0 Å². The molecule has 0 aromatic heterocycles. The molecule has 0 aliphatic heterocycles. The smallest absolute Gasteiger partial charge is 0.306 e. The molecule has 0 spiro atoms. The zero-order valence-corrected chi connectivity index (χ0v) is 53.2. The zero-order valence-electron chi connectivity index (χ0n) is 53.2. The van der Waals surface area contributed by atoms with Gasteiger partial charge in [-0.25, -0.2) is 0 Å². The summed E-state index contributed by atoms with van der Waals surface area (Å²) in [5.41, 5.74) is 0. The molecule has 0 bridgehead atoms. The molecule has 0 fully saturated rings. The van der Waals surface area contributed by atoms with Crippen LogP contribution < -0.4 is 0 Å². The van der Waals surface area contributed by atoms with Crippen molar-refractivity contribution in [2.75, 3.05) is 13.2 Å². The molecular formula is C76H124O6. The lowest BCUT2D eigenvalue weighted by molar-refractivity contribution is -0.167. The third-order valence-electron chi connectivity index (χ3n) is 14.1. The highest BCUT2D eigenvalue weighted by atomic mass is 16.6. The Morgan fingerprint density at radius 3 is 0.744 bits per heavy atom. The Bertz CT molecular complexity index is 1780. The van der Waals surface area contributed by atoms with Crippen LogP contribution in [0.2, 0.25) is 0 Å². The van der Waals surface area contributed by atoms with E-state index in [2.05, 4.69) is 167 Å². The first-order valence-electron chi connectivity index (χ1n) is 33.8. The average molecular weight is 1130 g/mol. The molecule has 1 atom stereocenters. The van der Waals surface area contributed by atoms with E-state index in [1.54, 1.807) is 0 Å². The van der Waals surface area contributed by atoms with Gasteiger partial charge in [0.15, 0.2) is 6.10 Å². The fourth-order valence-electron chi connectivity index (χ4n) is 9.10. The second kappa shape index (κ2) is 68.8. The van der Waals surface area contributed by atoms with Crippen molar-refractivity contribution in [2.24, 2.45) is 0 Å². The monoisotopic (exact) mass is 1130 g/mol. The van der Waals surface area contributed by atoms with Gasteiger partial charge in [0.1, 0.15) is 13.2 Å². The zero-order chi connectivity index (χ0) is 59.2. The maximum atomic E-state index is 12.9. The second-order valence-electron chi connectivity index (χ2n) is 22.0. The van der Waals surface area contributed by atoms with Crippen LogP contribution in [0.5, 0.6) is 0 Å². The van der Waals surface area contributed by atoms with Gasteiger partial charge in [0.05, 0.1) is 0 Å². The molecule has 0 heterocycles. The number of unbranched alkanes of at least 4 members (excludes halogenated alkanes) is 25. The summed E-state index contributed by atoms with van der Waals surface area (Å²) in [6.07, 6.45) is 98.8. The number of hydrogen-bond acceptors (Lipinski definition) is 6. The Morgan fingerprint density at radius 1 is 0.256 bits per heavy atom. The second-order valence-corrected chi connectivity index (χ2v) is 22.0. The molecule has 0 rings (SSSR count). The molecule has 0 saturated carbocycles. The van der Waals surface area contributed by atoms with Crippen molar-refractivity contribution in [3.63, 3.8) is 0 Å². The lowest BCUT2D eigenvalue weighted by Crippen LogP contribution is -2.30. The Kier molecular flexibility index (Phi) is 64.8. The summed E-state index contributed by atoms with van der Waals surface area (Å²) in [7, 11) is 0. The molecular weight excluding hydrogens is 1010 g/mol. The fraction of sp³-hybridized carbons (Fsp3) is 0.645. The van der Waals surface area contributed by atoms with Crippen molar-refractivity contribution in [1.82, 2.24) is 0 Å².